The summed E-state index contributed by atoms with van der Waals surface area (Å²) >= 11 is 1.49. The quantitative estimate of drug-likeness (QED) is 0.404. The van der Waals surface area contributed by atoms with E-state index >= 15 is 0 Å². The Morgan fingerprint density at radius 3 is 2.75 bits per heavy atom. The van der Waals surface area contributed by atoms with Crippen molar-refractivity contribution in [3.05, 3.63) is 24.3 Å². The van der Waals surface area contributed by atoms with Crippen molar-refractivity contribution in [2.45, 2.75) is 51.8 Å². The van der Waals surface area contributed by atoms with Crippen molar-refractivity contribution < 1.29 is 31.5 Å². The molecule has 0 amide bonds. The minimum absolute atomic E-state index is 0. The number of thioether (sulfide) groups is 1. The number of para-hydroxylation sites is 2. The van der Waals surface area contributed by atoms with Crippen LogP contribution in [0, 0.1) is 10.8 Å². The highest BCUT2D eigenvalue weighted by atomic mass is 35.5. The van der Waals surface area contributed by atoms with Gasteiger partial charge >= 0.3 is 11.9 Å². The van der Waals surface area contributed by atoms with Crippen molar-refractivity contribution in [2.75, 3.05) is 12.4 Å². The van der Waals surface area contributed by atoms with Gasteiger partial charge in [0.05, 0.1) is 17.6 Å². The summed E-state index contributed by atoms with van der Waals surface area (Å²) in [6.07, 6.45) is 0.647. The van der Waals surface area contributed by atoms with Crippen LogP contribution in [-0.2, 0) is 19.1 Å². The van der Waals surface area contributed by atoms with Crippen molar-refractivity contribution in [3.63, 3.8) is 0 Å². The number of H-pyrrole nitrogens is 1. The number of aromatic nitrogens is 2. The van der Waals surface area contributed by atoms with E-state index in [4.69, 9.17) is 9.47 Å². The van der Waals surface area contributed by atoms with Gasteiger partial charge < -0.3 is 26.9 Å². The molecule has 1 N–H and O–H groups in total. The highest BCUT2D eigenvalue weighted by Crippen LogP contribution is 2.51. The first-order chi connectivity index (χ1) is 12.8. The van der Waals surface area contributed by atoms with Gasteiger partial charge in [0.25, 0.3) is 0 Å². The number of imidazole rings is 1. The lowest BCUT2D eigenvalue weighted by molar-refractivity contribution is -0.173. The Balaban J connectivity index is 0.00000280. The number of fused-ring (bicyclic) bond motifs is 1. The first-order valence-electron chi connectivity index (χ1n) is 9.30. The van der Waals surface area contributed by atoms with Crippen LogP contribution in [0.3, 0.4) is 0 Å². The number of nitrogens with one attached hydrogen (secondary N) is 1. The fourth-order valence-corrected chi connectivity index (χ4v) is 4.41. The highest BCUT2D eigenvalue weighted by Gasteiger charge is 2.63. The lowest BCUT2D eigenvalue weighted by Crippen LogP contribution is -3.00. The van der Waals surface area contributed by atoms with E-state index in [0.717, 1.165) is 16.2 Å². The van der Waals surface area contributed by atoms with Crippen LogP contribution in [0.4, 0.5) is 0 Å². The molecule has 1 aliphatic rings. The highest BCUT2D eigenvalue weighted by molar-refractivity contribution is 7.99. The zero-order valence-electron chi connectivity index (χ0n) is 16.6. The Labute approximate surface area is 175 Å². The van der Waals surface area contributed by atoms with Crippen molar-refractivity contribution in [1.29, 1.82) is 0 Å². The van der Waals surface area contributed by atoms with E-state index in [9.17, 15) is 9.59 Å². The molecule has 0 aliphatic carbocycles. The zero-order valence-corrected chi connectivity index (χ0v) is 18.2. The number of halogens is 1. The largest absolute Gasteiger partial charge is 1.00 e. The number of carbonyl (C=O) groups excluding carboxylic acids is 2. The van der Waals surface area contributed by atoms with Gasteiger partial charge in [-0.25, -0.2) is 4.98 Å². The molecule has 1 aromatic heterocycles. The second-order valence-corrected chi connectivity index (χ2v) is 8.47. The molecule has 0 radical (unpaired) electrons. The van der Waals surface area contributed by atoms with E-state index in [0.29, 0.717) is 18.6 Å². The van der Waals surface area contributed by atoms with E-state index in [-0.39, 0.29) is 25.1 Å². The van der Waals surface area contributed by atoms with Gasteiger partial charge in [-0.2, -0.15) is 0 Å². The van der Waals surface area contributed by atoms with E-state index < -0.39 is 22.8 Å². The van der Waals surface area contributed by atoms with Crippen LogP contribution in [-0.4, -0.2) is 40.4 Å². The van der Waals surface area contributed by atoms with Gasteiger partial charge in [0.1, 0.15) is 6.10 Å². The van der Waals surface area contributed by atoms with E-state index in [1.165, 1.54) is 11.8 Å². The van der Waals surface area contributed by atoms with Crippen molar-refractivity contribution in [3.8, 4) is 0 Å². The molecule has 154 valence electrons. The molecule has 1 saturated heterocycles. The maximum absolute atomic E-state index is 12.8. The minimum Gasteiger partial charge on any atom is -1.00 e. The summed E-state index contributed by atoms with van der Waals surface area (Å²) in [5.41, 5.74) is 0.0687. The molecule has 3 rings (SSSR count). The van der Waals surface area contributed by atoms with Crippen LogP contribution in [0.15, 0.2) is 29.4 Å². The van der Waals surface area contributed by atoms with Gasteiger partial charge in [0.2, 0.25) is 0 Å². The third-order valence-corrected chi connectivity index (χ3v) is 6.60. The molecule has 2 aromatic rings. The average Bonchev–Trinajstić information content (AvgIpc) is 3.21. The summed E-state index contributed by atoms with van der Waals surface area (Å²) in [5, 5.41) is 0.774. The number of aromatic amines is 1. The Bertz CT molecular complexity index is 821. The number of esters is 2. The SMILES string of the molecule is CCOC(=O)C1(C(C)(C)CC)CC(CSc2nc3ccccc3[nH]2)OC1=O.[Cl-]. The van der Waals surface area contributed by atoms with Crippen LogP contribution in [0.2, 0.25) is 0 Å². The molecule has 6 nitrogen and oxygen atoms in total. The fourth-order valence-electron chi connectivity index (χ4n) is 3.53. The topological polar surface area (TPSA) is 81.3 Å². The summed E-state index contributed by atoms with van der Waals surface area (Å²) in [6.45, 7) is 7.83. The molecular weight excluding hydrogens is 400 g/mol. The Morgan fingerprint density at radius 2 is 2.11 bits per heavy atom. The maximum Gasteiger partial charge on any atom is 0.324 e. The standard InChI is InChI=1S/C20H26N2O4S.ClH/c1-5-19(3,4)20(16(23)25-6-2)11-13(26-17(20)24)12-27-18-21-14-9-7-8-10-15(14)22-18;/h7-10,13H,5-6,11-12H2,1-4H3,(H,21,22);1H/p-1. The normalized spacial score (nSPS) is 22.0. The number of cyclic esters (lactones) is 1. The van der Waals surface area contributed by atoms with Crippen LogP contribution < -0.4 is 12.4 Å². The van der Waals surface area contributed by atoms with E-state index in [1.807, 2.05) is 45.0 Å². The first-order valence-corrected chi connectivity index (χ1v) is 10.3. The van der Waals surface area contributed by atoms with Crippen molar-refractivity contribution >= 4 is 34.7 Å². The number of ether oxygens (including phenoxy) is 2. The van der Waals surface area contributed by atoms with Crippen LogP contribution in [0.5, 0.6) is 0 Å². The van der Waals surface area contributed by atoms with E-state index in [1.54, 1.807) is 6.92 Å². The van der Waals surface area contributed by atoms with Gasteiger partial charge in [0, 0.05) is 12.2 Å². The van der Waals surface area contributed by atoms with Crippen LogP contribution in [0.1, 0.15) is 40.5 Å². The number of benzene rings is 1. The fraction of sp³-hybridized carbons (Fsp3) is 0.550. The van der Waals surface area contributed by atoms with Gasteiger partial charge in [-0.05, 0) is 30.9 Å². The molecule has 0 spiro atoms. The number of hydrogen-bond acceptors (Lipinski definition) is 6. The molecule has 1 aliphatic heterocycles. The smallest absolute Gasteiger partial charge is 0.324 e. The van der Waals surface area contributed by atoms with Crippen LogP contribution >= 0.6 is 11.8 Å². The molecule has 8 heteroatoms. The third kappa shape index (κ3) is 3.87. The van der Waals surface area contributed by atoms with E-state index in [2.05, 4.69) is 9.97 Å². The first kappa shape index (κ1) is 22.6. The predicted molar refractivity (Wildman–Crippen MR) is 104 cm³/mol. The zero-order chi connectivity index (χ0) is 19.7. The number of nitrogens with zero attached hydrogens (tertiary/aromatic N) is 1. The molecule has 1 aromatic carbocycles. The minimum atomic E-state index is -1.25. The summed E-state index contributed by atoms with van der Waals surface area (Å²) in [5.74, 6) is -0.409. The van der Waals surface area contributed by atoms with Gasteiger partial charge in [-0.15, -0.1) is 0 Å². The Hall–Kier alpha value is -1.73. The van der Waals surface area contributed by atoms with Crippen LogP contribution in [0.25, 0.3) is 11.0 Å². The molecule has 28 heavy (non-hydrogen) atoms. The maximum atomic E-state index is 12.8. The van der Waals surface area contributed by atoms with Crippen molar-refractivity contribution in [1.82, 2.24) is 9.97 Å². The number of rotatable bonds is 7. The van der Waals surface area contributed by atoms with Gasteiger partial charge in [-0.1, -0.05) is 44.7 Å². The summed E-state index contributed by atoms with van der Waals surface area (Å²) in [7, 11) is 0. The molecule has 2 heterocycles. The van der Waals surface area contributed by atoms with Crippen molar-refractivity contribution in [2.24, 2.45) is 10.8 Å². The molecule has 1 fully saturated rings. The third-order valence-electron chi connectivity index (χ3n) is 5.59. The molecular formula is C20H26ClN2O4S-. The van der Waals surface area contributed by atoms with Gasteiger partial charge in [-0.3, -0.25) is 9.59 Å². The number of hydrogen-bond donors (Lipinski definition) is 1. The molecule has 0 saturated carbocycles. The number of carbonyl (C=O) groups is 2. The average molecular weight is 426 g/mol. The Kier molecular flexibility index (Phi) is 7.04. The summed E-state index contributed by atoms with van der Waals surface area (Å²) < 4.78 is 10.9. The lowest BCUT2D eigenvalue weighted by Gasteiger charge is -2.38. The lowest BCUT2D eigenvalue weighted by atomic mass is 9.62. The second-order valence-electron chi connectivity index (χ2n) is 7.46. The summed E-state index contributed by atoms with van der Waals surface area (Å²) in [6, 6.07) is 7.81. The monoisotopic (exact) mass is 425 g/mol. The summed E-state index contributed by atoms with van der Waals surface area (Å²) in [4.78, 5) is 33.4. The van der Waals surface area contributed by atoms with Gasteiger partial charge in [0.15, 0.2) is 10.6 Å². The second kappa shape index (κ2) is 8.74. The predicted octanol–water partition coefficient (Wildman–Crippen LogP) is 0.960. The Morgan fingerprint density at radius 1 is 1.39 bits per heavy atom. The molecule has 2 atom stereocenters. The molecule has 2 unspecified atom stereocenters. The molecule has 0 bridgehead atoms.